The minimum Gasteiger partial charge on any atom is -0.326 e. The van der Waals surface area contributed by atoms with Crippen LogP contribution in [0.15, 0.2) is 18.5 Å². The molecular weight excluding hydrogens is 114 g/mol. The Bertz CT molecular complexity index is 155. The zero-order valence-corrected chi connectivity index (χ0v) is 5.49. The zero-order valence-electron chi connectivity index (χ0n) is 5.49. The van der Waals surface area contributed by atoms with Crippen LogP contribution in [0.3, 0.4) is 0 Å². The highest BCUT2D eigenvalue weighted by Crippen LogP contribution is 1.85. The van der Waals surface area contributed by atoms with Crippen molar-refractivity contribution >= 4 is 0 Å². The van der Waals surface area contributed by atoms with E-state index in [2.05, 4.69) is 5.10 Å². The predicted molar refractivity (Wildman–Crippen MR) is 35.9 cm³/mol. The molecule has 1 atom stereocenters. The summed E-state index contributed by atoms with van der Waals surface area (Å²) in [6, 6.07) is 2.08. The van der Waals surface area contributed by atoms with Gasteiger partial charge in [0.1, 0.15) is 0 Å². The maximum Gasteiger partial charge on any atom is 0.0557 e. The predicted octanol–water partition coefficient (Wildman–Crippen LogP) is 0.230. The first-order valence-corrected chi connectivity index (χ1v) is 3.02. The molecule has 0 saturated carbocycles. The van der Waals surface area contributed by atoms with Gasteiger partial charge in [0.25, 0.3) is 0 Å². The summed E-state index contributed by atoms with van der Waals surface area (Å²) in [6.07, 6.45) is 3.66. The van der Waals surface area contributed by atoms with Crippen molar-refractivity contribution < 1.29 is 0 Å². The Morgan fingerprint density at radius 2 is 2.56 bits per heavy atom. The van der Waals surface area contributed by atoms with E-state index in [9.17, 15) is 0 Å². The van der Waals surface area contributed by atoms with E-state index < -0.39 is 0 Å². The Balaban J connectivity index is 2.48. The van der Waals surface area contributed by atoms with Gasteiger partial charge in [0.05, 0.1) is 6.54 Å². The zero-order chi connectivity index (χ0) is 6.69. The molecule has 2 N–H and O–H groups in total. The minimum atomic E-state index is 0.185. The Morgan fingerprint density at radius 1 is 1.78 bits per heavy atom. The van der Waals surface area contributed by atoms with E-state index in [4.69, 9.17) is 5.73 Å². The fourth-order valence-corrected chi connectivity index (χ4v) is 0.704. The summed E-state index contributed by atoms with van der Waals surface area (Å²) in [5, 5.41) is 3.99. The molecule has 1 aromatic heterocycles. The average molecular weight is 125 g/mol. The second-order valence-corrected chi connectivity index (χ2v) is 2.21. The highest BCUT2D eigenvalue weighted by molar-refractivity contribution is 4.78. The third-order valence-corrected chi connectivity index (χ3v) is 1.03. The van der Waals surface area contributed by atoms with Gasteiger partial charge in [-0.15, -0.1) is 0 Å². The van der Waals surface area contributed by atoms with Gasteiger partial charge in [0.2, 0.25) is 0 Å². The van der Waals surface area contributed by atoms with E-state index in [0.717, 1.165) is 6.54 Å². The van der Waals surface area contributed by atoms with Gasteiger partial charge in [-0.2, -0.15) is 5.10 Å². The molecule has 1 unspecified atom stereocenters. The van der Waals surface area contributed by atoms with Crippen LogP contribution in [0.2, 0.25) is 0 Å². The summed E-state index contributed by atoms with van der Waals surface area (Å²) in [5.41, 5.74) is 5.52. The van der Waals surface area contributed by atoms with Crippen LogP contribution < -0.4 is 5.73 Å². The first-order valence-electron chi connectivity index (χ1n) is 3.02. The first-order chi connectivity index (χ1) is 4.29. The third-order valence-electron chi connectivity index (χ3n) is 1.03. The first kappa shape index (κ1) is 6.29. The van der Waals surface area contributed by atoms with Gasteiger partial charge < -0.3 is 5.73 Å². The van der Waals surface area contributed by atoms with Crippen LogP contribution in [0.4, 0.5) is 0 Å². The molecule has 0 amide bonds. The largest absolute Gasteiger partial charge is 0.326 e. The number of hydrogen-bond donors (Lipinski definition) is 1. The monoisotopic (exact) mass is 125 g/mol. The lowest BCUT2D eigenvalue weighted by Gasteiger charge is -2.02. The number of nitrogens with two attached hydrogens (primary N) is 1. The molecule has 1 rings (SSSR count). The normalized spacial score (nSPS) is 13.6. The fourth-order valence-electron chi connectivity index (χ4n) is 0.704. The molecule has 0 fully saturated rings. The molecule has 50 valence electrons. The van der Waals surface area contributed by atoms with Gasteiger partial charge in [0, 0.05) is 18.4 Å². The van der Waals surface area contributed by atoms with Gasteiger partial charge in [-0.1, -0.05) is 0 Å². The van der Waals surface area contributed by atoms with Gasteiger partial charge in [-0.3, -0.25) is 4.68 Å². The van der Waals surface area contributed by atoms with E-state index in [1.54, 1.807) is 6.20 Å². The molecule has 0 aliphatic carbocycles. The molecule has 0 bridgehead atoms. The number of nitrogens with zero attached hydrogens (tertiary/aromatic N) is 2. The lowest BCUT2D eigenvalue weighted by Crippen LogP contribution is -2.22. The second-order valence-electron chi connectivity index (χ2n) is 2.21. The molecule has 0 aliphatic rings. The second kappa shape index (κ2) is 2.64. The van der Waals surface area contributed by atoms with E-state index in [0.29, 0.717) is 0 Å². The Labute approximate surface area is 54.5 Å². The highest BCUT2D eigenvalue weighted by Gasteiger charge is 1.93. The van der Waals surface area contributed by atoms with Crippen molar-refractivity contribution in [3.63, 3.8) is 0 Å². The van der Waals surface area contributed by atoms with Crippen molar-refractivity contribution in [1.82, 2.24) is 9.78 Å². The summed E-state index contributed by atoms with van der Waals surface area (Å²) in [7, 11) is 0. The molecule has 0 aromatic carbocycles. The number of hydrogen-bond acceptors (Lipinski definition) is 2. The van der Waals surface area contributed by atoms with Gasteiger partial charge >= 0.3 is 0 Å². The summed E-state index contributed by atoms with van der Waals surface area (Å²) < 4.78 is 1.82. The number of aromatic nitrogens is 2. The molecule has 1 aromatic rings. The molecule has 3 heteroatoms. The van der Waals surface area contributed by atoms with Crippen LogP contribution in [-0.2, 0) is 6.54 Å². The maximum atomic E-state index is 5.52. The molecule has 0 radical (unpaired) electrons. The molecular formula is C6H11N3. The molecule has 0 aliphatic heterocycles. The SMILES string of the molecule is CC(N)Cn1cccn1. The molecule has 0 saturated heterocycles. The van der Waals surface area contributed by atoms with Crippen LogP contribution in [0.25, 0.3) is 0 Å². The van der Waals surface area contributed by atoms with Crippen molar-refractivity contribution in [3.05, 3.63) is 18.5 Å². The van der Waals surface area contributed by atoms with Crippen molar-refractivity contribution in [2.75, 3.05) is 0 Å². The smallest absolute Gasteiger partial charge is 0.0557 e. The van der Waals surface area contributed by atoms with Crippen LogP contribution >= 0.6 is 0 Å². The molecule has 1 heterocycles. The highest BCUT2D eigenvalue weighted by atomic mass is 15.3. The van der Waals surface area contributed by atoms with Crippen molar-refractivity contribution in [2.45, 2.75) is 19.5 Å². The summed E-state index contributed by atoms with van der Waals surface area (Å²) in [6.45, 7) is 2.76. The van der Waals surface area contributed by atoms with Crippen LogP contribution in [-0.4, -0.2) is 15.8 Å². The quantitative estimate of drug-likeness (QED) is 0.615. The standard InChI is InChI=1S/C6H11N3/c1-6(7)5-9-4-2-3-8-9/h2-4,6H,5,7H2,1H3. The van der Waals surface area contributed by atoms with Gasteiger partial charge in [0.15, 0.2) is 0 Å². The Hall–Kier alpha value is -0.830. The molecule has 0 spiro atoms. The minimum absolute atomic E-state index is 0.185. The van der Waals surface area contributed by atoms with Gasteiger partial charge in [-0.25, -0.2) is 0 Å². The van der Waals surface area contributed by atoms with E-state index in [1.165, 1.54) is 0 Å². The van der Waals surface area contributed by atoms with Crippen LogP contribution in [0, 0.1) is 0 Å². The van der Waals surface area contributed by atoms with Gasteiger partial charge in [-0.05, 0) is 13.0 Å². The lowest BCUT2D eigenvalue weighted by atomic mass is 10.4. The van der Waals surface area contributed by atoms with Crippen molar-refractivity contribution in [1.29, 1.82) is 0 Å². The van der Waals surface area contributed by atoms with Crippen molar-refractivity contribution in [2.24, 2.45) is 5.73 Å². The Kier molecular flexibility index (Phi) is 1.85. The van der Waals surface area contributed by atoms with E-state index in [-0.39, 0.29) is 6.04 Å². The lowest BCUT2D eigenvalue weighted by molar-refractivity contribution is 0.538. The Morgan fingerprint density at radius 3 is 3.00 bits per heavy atom. The summed E-state index contributed by atoms with van der Waals surface area (Å²) >= 11 is 0. The van der Waals surface area contributed by atoms with Crippen molar-refractivity contribution in [3.8, 4) is 0 Å². The molecule has 9 heavy (non-hydrogen) atoms. The third kappa shape index (κ3) is 1.85. The topological polar surface area (TPSA) is 43.8 Å². The van der Waals surface area contributed by atoms with Crippen LogP contribution in [0.1, 0.15) is 6.92 Å². The van der Waals surface area contributed by atoms with E-state index >= 15 is 0 Å². The summed E-state index contributed by atoms with van der Waals surface area (Å²) in [4.78, 5) is 0. The maximum absolute atomic E-state index is 5.52. The van der Waals surface area contributed by atoms with E-state index in [1.807, 2.05) is 23.9 Å². The average Bonchev–Trinajstić information content (AvgIpc) is 2.15. The van der Waals surface area contributed by atoms with Crippen LogP contribution in [0.5, 0.6) is 0 Å². The fraction of sp³-hybridized carbons (Fsp3) is 0.500. The number of rotatable bonds is 2. The summed E-state index contributed by atoms with van der Waals surface area (Å²) in [5.74, 6) is 0. The molecule has 3 nitrogen and oxygen atoms in total.